The number of halogens is 2. The lowest BCUT2D eigenvalue weighted by Gasteiger charge is -2.03. The Bertz CT molecular complexity index is 871. The van der Waals surface area contributed by atoms with Gasteiger partial charge in [-0.1, -0.05) is 65.3 Å². The molecule has 0 aliphatic heterocycles. The molecule has 25 heavy (non-hydrogen) atoms. The molecule has 0 aliphatic carbocycles. The van der Waals surface area contributed by atoms with Crippen LogP contribution < -0.4 is 0 Å². The number of thioether (sulfide) groups is 1. The summed E-state index contributed by atoms with van der Waals surface area (Å²) in [6.07, 6.45) is 0. The van der Waals surface area contributed by atoms with E-state index in [-0.39, 0.29) is 29.4 Å². The highest BCUT2D eigenvalue weighted by atomic mass is 35.5. The quantitative estimate of drug-likeness (QED) is 0.438. The summed E-state index contributed by atoms with van der Waals surface area (Å²) < 4.78 is 10.7. The van der Waals surface area contributed by atoms with E-state index >= 15 is 0 Å². The number of aromatic nitrogens is 2. The summed E-state index contributed by atoms with van der Waals surface area (Å²) in [4.78, 5) is 11.8. The minimum atomic E-state index is -0.363. The van der Waals surface area contributed by atoms with Crippen molar-refractivity contribution < 1.29 is 13.9 Å². The second-order valence-electron chi connectivity index (χ2n) is 4.93. The molecule has 0 unspecified atom stereocenters. The zero-order valence-corrected chi connectivity index (χ0v) is 15.1. The lowest BCUT2D eigenvalue weighted by atomic mass is 10.2. The first-order chi connectivity index (χ1) is 12.1. The molecular formula is C17H12Cl2N2O3S. The molecule has 0 bridgehead atoms. The summed E-state index contributed by atoms with van der Waals surface area (Å²) >= 11 is 13.1. The van der Waals surface area contributed by atoms with Gasteiger partial charge in [-0.15, -0.1) is 10.2 Å². The zero-order valence-electron chi connectivity index (χ0n) is 12.8. The number of hydrogen-bond donors (Lipinski definition) is 0. The number of esters is 1. The summed E-state index contributed by atoms with van der Waals surface area (Å²) in [5.41, 5.74) is 1.51. The minimum Gasteiger partial charge on any atom is -0.460 e. The van der Waals surface area contributed by atoms with Crippen molar-refractivity contribution in [3.63, 3.8) is 0 Å². The molecule has 0 amide bonds. The molecule has 0 radical (unpaired) electrons. The molecule has 128 valence electrons. The predicted molar refractivity (Wildman–Crippen MR) is 96.7 cm³/mol. The molecule has 0 atom stereocenters. The van der Waals surface area contributed by atoms with Gasteiger partial charge < -0.3 is 9.15 Å². The van der Waals surface area contributed by atoms with Crippen molar-refractivity contribution in [2.24, 2.45) is 0 Å². The number of carbonyl (C=O) groups excluding carboxylic acids is 1. The molecule has 0 aliphatic rings. The summed E-state index contributed by atoms with van der Waals surface area (Å²) in [6, 6.07) is 14.4. The van der Waals surface area contributed by atoms with Crippen molar-refractivity contribution in [3.8, 4) is 11.5 Å². The highest BCUT2D eigenvalue weighted by molar-refractivity contribution is 7.99. The zero-order chi connectivity index (χ0) is 17.6. The fourth-order valence-electron chi connectivity index (χ4n) is 1.94. The van der Waals surface area contributed by atoms with Crippen molar-refractivity contribution >= 4 is 40.9 Å². The van der Waals surface area contributed by atoms with Crippen LogP contribution in [-0.4, -0.2) is 21.9 Å². The van der Waals surface area contributed by atoms with Crippen molar-refractivity contribution in [3.05, 3.63) is 64.1 Å². The molecular weight excluding hydrogens is 383 g/mol. The Balaban J connectivity index is 1.54. The van der Waals surface area contributed by atoms with Crippen LogP contribution in [0.1, 0.15) is 5.56 Å². The van der Waals surface area contributed by atoms with Gasteiger partial charge >= 0.3 is 5.97 Å². The first-order valence-corrected chi connectivity index (χ1v) is 8.97. The smallest absolute Gasteiger partial charge is 0.316 e. The van der Waals surface area contributed by atoms with Gasteiger partial charge in [-0.2, -0.15) is 0 Å². The van der Waals surface area contributed by atoms with E-state index in [9.17, 15) is 4.79 Å². The minimum absolute atomic E-state index is 0.0722. The van der Waals surface area contributed by atoms with Crippen molar-refractivity contribution in [2.45, 2.75) is 11.8 Å². The van der Waals surface area contributed by atoms with Crippen molar-refractivity contribution in [1.82, 2.24) is 10.2 Å². The standard InChI is InChI=1S/C17H12Cl2N2O3S/c18-12-6-7-13(14(19)8-12)16-20-21-17(24-16)25-10-15(22)23-9-11-4-2-1-3-5-11/h1-8H,9-10H2. The topological polar surface area (TPSA) is 65.2 Å². The first kappa shape index (κ1) is 17.8. The second kappa shape index (κ2) is 8.38. The molecule has 2 aromatic carbocycles. The average Bonchev–Trinajstić information content (AvgIpc) is 3.08. The number of rotatable bonds is 6. The third kappa shape index (κ3) is 4.98. The van der Waals surface area contributed by atoms with Crippen LogP contribution in [0, 0.1) is 0 Å². The van der Waals surface area contributed by atoms with E-state index in [1.54, 1.807) is 18.2 Å². The van der Waals surface area contributed by atoms with Gasteiger partial charge in [0.15, 0.2) is 0 Å². The Morgan fingerprint density at radius 1 is 1.12 bits per heavy atom. The van der Waals surface area contributed by atoms with E-state index in [2.05, 4.69) is 10.2 Å². The molecule has 0 saturated carbocycles. The highest BCUT2D eigenvalue weighted by Crippen LogP contribution is 2.31. The third-order valence-corrected chi connectivity index (χ3v) is 4.46. The lowest BCUT2D eigenvalue weighted by Crippen LogP contribution is -2.07. The van der Waals surface area contributed by atoms with Crippen LogP contribution in [0.15, 0.2) is 58.2 Å². The fraction of sp³-hybridized carbons (Fsp3) is 0.118. The highest BCUT2D eigenvalue weighted by Gasteiger charge is 2.14. The number of ether oxygens (including phenoxy) is 1. The molecule has 0 saturated heterocycles. The maximum atomic E-state index is 11.8. The van der Waals surface area contributed by atoms with Gasteiger partial charge in [-0.3, -0.25) is 4.79 Å². The normalized spacial score (nSPS) is 10.6. The molecule has 8 heteroatoms. The second-order valence-corrected chi connectivity index (χ2v) is 6.70. The Morgan fingerprint density at radius 3 is 2.68 bits per heavy atom. The Morgan fingerprint density at radius 2 is 1.92 bits per heavy atom. The molecule has 0 fully saturated rings. The molecule has 3 aromatic rings. The van der Waals surface area contributed by atoms with Gasteiger partial charge in [0.1, 0.15) is 12.4 Å². The van der Waals surface area contributed by atoms with Crippen LogP contribution in [0.25, 0.3) is 11.5 Å². The predicted octanol–water partition coefficient (Wildman–Crippen LogP) is 4.88. The molecule has 1 aromatic heterocycles. The number of hydrogen-bond acceptors (Lipinski definition) is 6. The van der Waals surface area contributed by atoms with Crippen LogP contribution in [-0.2, 0) is 16.1 Å². The van der Waals surface area contributed by atoms with Crippen LogP contribution in [0.2, 0.25) is 10.0 Å². The molecule has 3 rings (SSSR count). The fourth-order valence-corrected chi connectivity index (χ4v) is 2.99. The SMILES string of the molecule is O=C(CSc1nnc(-c2ccc(Cl)cc2Cl)o1)OCc1ccccc1. The Labute approximate surface area is 158 Å². The molecule has 0 N–H and O–H groups in total. The summed E-state index contributed by atoms with van der Waals surface area (Å²) in [7, 11) is 0. The van der Waals surface area contributed by atoms with Gasteiger partial charge in [-0.25, -0.2) is 0 Å². The van der Waals surface area contributed by atoms with Crippen LogP contribution >= 0.6 is 35.0 Å². The van der Waals surface area contributed by atoms with E-state index in [1.807, 2.05) is 30.3 Å². The maximum Gasteiger partial charge on any atom is 0.316 e. The summed E-state index contributed by atoms with van der Waals surface area (Å²) in [6.45, 7) is 0.232. The third-order valence-electron chi connectivity index (χ3n) is 3.12. The van der Waals surface area contributed by atoms with Gasteiger partial charge in [0.05, 0.1) is 10.6 Å². The number of benzene rings is 2. The van der Waals surface area contributed by atoms with Gasteiger partial charge in [0, 0.05) is 5.02 Å². The first-order valence-electron chi connectivity index (χ1n) is 7.23. The Kier molecular flexibility index (Phi) is 5.96. The van der Waals surface area contributed by atoms with Gasteiger partial charge in [-0.05, 0) is 23.8 Å². The summed E-state index contributed by atoms with van der Waals surface area (Å²) in [5, 5.41) is 9.02. The van der Waals surface area contributed by atoms with E-state index in [0.717, 1.165) is 17.3 Å². The van der Waals surface area contributed by atoms with E-state index in [0.29, 0.717) is 15.6 Å². The molecule has 1 heterocycles. The van der Waals surface area contributed by atoms with Crippen LogP contribution in [0.4, 0.5) is 0 Å². The maximum absolute atomic E-state index is 11.8. The van der Waals surface area contributed by atoms with Crippen LogP contribution in [0.3, 0.4) is 0 Å². The van der Waals surface area contributed by atoms with Crippen LogP contribution in [0.5, 0.6) is 0 Å². The van der Waals surface area contributed by atoms with E-state index in [4.69, 9.17) is 32.4 Å². The molecule has 5 nitrogen and oxygen atoms in total. The monoisotopic (exact) mass is 394 g/mol. The lowest BCUT2D eigenvalue weighted by molar-refractivity contribution is -0.141. The van der Waals surface area contributed by atoms with Crippen molar-refractivity contribution in [1.29, 1.82) is 0 Å². The Hall–Kier alpha value is -2.02. The summed E-state index contributed by atoms with van der Waals surface area (Å²) in [5.74, 6) is -0.0250. The van der Waals surface area contributed by atoms with Crippen molar-refractivity contribution in [2.75, 3.05) is 5.75 Å². The molecule has 0 spiro atoms. The number of nitrogens with zero attached hydrogens (tertiary/aromatic N) is 2. The number of carbonyl (C=O) groups is 1. The van der Waals surface area contributed by atoms with E-state index in [1.165, 1.54) is 0 Å². The van der Waals surface area contributed by atoms with Gasteiger partial charge in [0.25, 0.3) is 5.22 Å². The largest absolute Gasteiger partial charge is 0.460 e. The van der Waals surface area contributed by atoms with E-state index < -0.39 is 0 Å². The average molecular weight is 395 g/mol. The van der Waals surface area contributed by atoms with Gasteiger partial charge in [0.2, 0.25) is 5.89 Å².